The summed E-state index contributed by atoms with van der Waals surface area (Å²) in [5.74, 6) is -0.823. The molecule has 1 atom stereocenters. The van der Waals surface area contributed by atoms with Crippen molar-refractivity contribution in [3.8, 4) is 5.88 Å². The first-order chi connectivity index (χ1) is 16.4. The Morgan fingerprint density at radius 1 is 1.15 bits per heavy atom. The number of fused-ring (bicyclic) bond motifs is 1. The number of likely N-dealkylation sites (tertiary alicyclic amines) is 1. The van der Waals surface area contributed by atoms with Gasteiger partial charge in [-0.15, -0.1) is 0 Å². The number of halogens is 1. The fraction of sp³-hybridized carbons (Fsp3) is 0.440. The Labute approximate surface area is 197 Å². The van der Waals surface area contributed by atoms with Crippen LogP contribution in [0.25, 0.3) is 0 Å². The van der Waals surface area contributed by atoms with E-state index in [0.717, 1.165) is 49.2 Å². The number of methoxy groups -OCH3 is 1. The van der Waals surface area contributed by atoms with Gasteiger partial charge in [0.15, 0.2) is 0 Å². The zero-order chi connectivity index (χ0) is 23.8. The largest absolute Gasteiger partial charge is 0.481 e. The Hall–Kier alpha value is -3.33. The van der Waals surface area contributed by atoms with E-state index in [9.17, 15) is 18.8 Å². The predicted molar refractivity (Wildman–Crippen MR) is 120 cm³/mol. The first-order valence-corrected chi connectivity index (χ1v) is 11.6. The molecule has 4 heterocycles. The number of amides is 3. The van der Waals surface area contributed by atoms with Crippen molar-refractivity contribution in [3.63, 3.8) is 0 Å². The molecule has 34 heavy (non-hydrogen) atoms. The Balaban J connectivity index is 1.29. The number of hydrogen-bond donors (Lipinski definition) is 1. The summed E-state index contributed by atoms with van der Waals surface area (Å²) in [5, 5.41) is 2.31. The minimum atomic E-state index is -0.700. The molecule has 0 bridgehead atoms. The molecule has 3 aliphatic rings. The van der Waals surface area contributed by atoms with Gasteiger partial charge in [0, 0.05) is 37.3 Å². The summed E-state index contributed by atoms with van der Waals surface area (Å²) in [4.78, 5) is 45.0. The van der Waals surface area contributed by atoms with Crippen molar-refractivity contribution in [2.24, 2.45) is 0 Å². The van der Waals surface area contributed by atoms with Crippen molar-refractivity contribution in [2.75, 3.05) is 20.2 Å². The van der Waals surface area contributed by atoms with E-state index >= 15 is 0 Å². The highest BCUT2D eigenvalue weighted by Crippen LogP contribution is 2.38. The molecule has 2 fully saturated rings. The maximum Gasteiger partial charge on any atom is 0.255 e. The first-order valence-electron chi connectivity index (χ1n) is 11.6. The highest BCUT2D eigenvalue weighted by molar-refractivity contribution is 6.05. The summed E-state index contributed by atoms with van der Waals surface area (Å²) in [7, 11) is 1.59. The number of aromatic nitrogens is 1. The van der Waals surface area contributed by atoms with Gasteiger partial charge in [0.1, 0.15) is 11.9 Å². The van der Waals surface area contributed by atoms with Gasteiger partial charge in [-0.25, -0.2) is 9.37 Å². The zero-order valence-electron chi connectivity index (χ0n) is 19.1. The Kier molecular flexibility index (Phi) is 6.03. The van der Waals surface area contributed by atoms with Crippen LogP contribution in [0.3, 0.4) is 0 Å². The molecule has 8 nitrogen and oxygen atoms in total. The smallest absolute Gasteiger partial charge is 0.255 e. The second kappa shape index (κ2) is 9.13. The monoisotopic (exact) mass is 466 g/mol. The number of pyridine rings is 1. The summed E-state index contributed by atoms with van der Waals surface area (Å²) < 4.78 is 19.7. The number of rotatable bonds is 5. The summed E-state index contributed by atoms with van der Waals surface area (Å²) in [5.41, 5.74) is 3.13. The molecule has 9 heteroatoms. The van der Waals surface area contributed by atoms with E-state index in [1.165, 1.54) is 11.0 Å². The van der Waals surface area contributed by atoms with Gasteiger partial charge in [-0.05, 0) is 67.1 Å². The van der Waals surface area contributed by atoms with Gasteiger partial charge in [0.05, 0.1) is 7.11 Å². The van der Waals surface area contributed by atoms with Gasteiger partial charge >= 0.3 is 0 Å². The summed E-state index contributed by atoms with van der Waals surface area (Å²) in [6.45, 7) is 2.76. The SMILES string of the molecule is COc1ccc(CN2CCC(c3cc(F)cc4c3CN(C3CCC(=O)NC3=O)C4=O)CC2)cn1. The third-order valence-corrected chi connectivity index (χ3v) is 7.10. The molecule has 1 aromatic heterocycles. The van der Waals surface area contributed by atoms with E-state index in [4.69, 9.17) is 4.74 Å². The van der Waals surface area contributed by atoms with E-state index in [2.05, 4.69) is 15.2 Å². The highest BCUT2D eigenvalue weighted by Gasteiger charge is 2.41. The lowest BCUT2D eigenvalue weighted by molar-refractivity contribution is -0.136. The average molecular weight is 467 g/mol. The number of nitrogens with zero attached hydrogens (tertiary/aromatic N) is 3. The van der Waals surface area contributed by atoms with E-state index in [0.29, 0.717) is 17.9 Å². The average Bonchev–Trinajstić information content (AvgIpc) is 3.15. The van der Waals surface area contributed by atoms with Crippen molar-refractivity contribution in [1.29, 1.82) is 0 Å². The molecule has 1 unspecified atom stereocenters. The van der Waals surface area contributed by atoms with E-state index in [1.807, 2.05) is 18.3 Å². The van der Waals surface area contributed by atoms with Crippen molar-refractivity contribution in [3.05, 3.63) is 58.5 Å². The molecule has 0 radical (unpaired) electrons. The van der Waals surface area contributed by atoms with Crippen molar-refractivity contribution in [2.45, 2.75) is 50.7 Å². The Morgan fingerprint density at radius 2 is 1.94 bits per heavy atom. The van der Waals surface area contributed by atoms with Gasteiger partial charge < -0.3 is 9.64 Å². The second-order valence-corrected chi connectivity index (χ2v) is 9.18. The molecule has 0 saturated carbocycles. The second-order valence-electron chi connectivity index (χ2n) is 9.18. The van der Waals surface area contributed by atoms with Gasteiger partial charge in [-0.2, -0.15) is 0 Å². The molecule has 0 aliphatic carbocycles. The highest BCUT2D eigenvalue weighted by atomic mass is 19.1. The molecule has 0 spiro atoms. The molecule has 178 valence electrons. The maximum atomic E-state index is 14.6. The summed E-state index contributed by atoms with van der Waals surface area (Å²) in [6.07, 6.45) is 4.01. The zero-order valence-corrected chi connectivity index (χ0v) is 19.1. The molecule has 1 aromatic carbocycles. The maximum absolute atomic E-state index is 14.6. The van der Waals surface area contributed by atoms with Crippen LogP contribution in [0.5, 0.6) is 5.88 Å². The lowest BCUT2D eigenvalue weighted by Crippen LogP contribution is -2.52. The molecule has 2 aromatic rings. The number of imide groups is 1. The molecule has 5 rings (SSSR count). The van der Waals surface area contributed by atoms with Crippen LogP contribution in [0, 0.1) is 5.82 Å². The molecular formula is C25H27FN4O4. The molecule has 2 saturated heterocycles. The predicted octanol–water partition coefficient (Wildman–Crippen LogP) is 2.37. The minimum absolute atomic E-state index is 0.143. The van der Waals surface area contributed by atoms with Gasteiger partial charge in [0.25, 0.3) is 5.91 Å². The standard InChI is InChI=1S/C25H27FN4O4/c1-34-23-5-2-15(12-27-23)13-29-8-6-16(7-9-29)18-10-17(26)11-19-20(18)14-30(25(19)33)21-3-4-22(31)28-24(21)32/h2,5,10-12,16,21H,3-4,6-9,13-14H2,1H3,(H,28,31,32). The molecule has 3 amide bonds. The molecular weight excluding hydrogens is 439 g/mol. The van der Waals surface area contributed by atoms with Crippen LogP contribution in [0.2, 0.25) is 0 Å². The van der Waals surface area contributed by atoms with Crippen LogP contribution in [0.15, 0.2) is 30.5 Å². The van der Waals surface area contributed by atoms with E-state index < -0.39 is 17.8 Å². The lowest BCUT2D eigenvalue weighted by Gasteiger charge is -2.33. The van der Waals surface area contributed by atoms with Crippen LogP contribution < -0.4 is 10.1 Å². The van der Waals surface area contributed by atoms with Crippen LogP contribution in [-0.4, -0.2) is 58.7 Å². The van der Waals surface area contributed by atoms with Crippen molar-refractivity contribution < 1.29 is 23.5 Å². The van der Waals surface area contributed by atoms with Crippen molar-refractivity contribution >= 4 is 17.7 Å². The van der Waals surface area contributed by atoms with Crippen LogP contribution in [-0.2, 0) is 22.7 Å². The van der Waals surface area contributed by atoms with Crippen LogP contribution in [0.4, 0.5) is 4.39 Å². The normalized spacial score (nSPS) is 21.5. The minimum Gasteiger partial charge on any atom is -0.481 e. The van der Waals surface area contributed by atoms with E-state index in [-0.39, 0.29) is 30.7 Å². The van der Waals surface area contributed by atoms with Gasteiger partial charge in [0.2, 0.25) is 17.7 Å². The lowest BCUT2D eigenvalue weighted by atomic mass is 9.85. The summed E-state index contributed by atoms with van der Waals surface area (Å²) >= 11 is 0. The quantitative estimate of drug-likeness (QED) is 0.681. The van der Waals surface area contributed by atoms with Crippen LogP contribution in [0.1, 0.15) is 58.6 Å². The fourth-order valence-electron chi connectivity index (χ4n) is 5.30. The molecule has 3 aliphatic heterocycles. The van der Waals surface area contributed by atoms with Gasteiger partial charge in [-0.3, -0.25) is 24.6 Å². The number of nitrogens with one attached hydrogen (secondary N) is 1. The number of hydrogen-bond acceptors (Lipinski definition) is 6. The number of benzene rings is 1. The summed E-state index contributed by atoms with van der Waals surface area (Å²) in [6, 6.07) is 5.98. The third kappa shape index (κ3) is 4.27. The first kappa shape index (κ1) is 22.5. The number of carbonyl (C=O) groups is 3. The van der Waals surface area contributed by atoms with Gasteiger partial charge in [-0.1, -0.05) is 6.07 Å². The third-order valence-electron chi connectivity index (χ3n) is 7.10. The Morgan fingerprint density at radius 3 is 2.62 bits per heavy atom. The number of ether oxygens (including phenoxy) is 1. The van der Waals surface area contributed by atoms with E-state index in [1.54, 1.807) is 13.2 Å². The molecule has 1 N–H and O–H groups in total. The fourth-order valence-corrected chi connectivity index (χ4v) is 5.30. The topological polar surface area (TPSA) is 91.8 Å². The Bertz CT molecular complexity index is 1130. The number of piperidine rings is 2. The number of carbonyl (C=O) groups excluding carboxylic acids is 3. The van der Waals surface area contributed by atoms with Crippen LogP contribution >= 0.6 is 0 Å². The van der Waals surface area contributed by atoms with Crippen molar-refractivity contribution in [1.82, 2.24) is 20.1 Å².